The maximum Gasteiger partial charge on any atom is 0.331 e. The van der Waals surface area contributed by atoms with Crippen LogP contribution in [-0.2, 0) is 41.6 Å². The van der Waals surface area contributed by atoms with E-state index >= 15 is 0 Å². The van der Waals surface area contributed by atoms with Gasteiger partial charge >= 0.3 is 17.7 Å². The fourth-order valence-electron chi connectivity index (χ4n) is 6.71. The minimum atomic E-state index is -1.80. The first kappa shape index (κ1) is 46.6. The number of nitrogens with zero attached hydrogens (tertiary/aromatic N) is 2. The van der Waals surface area contributed by atoms with Crippen LogP contribution in [0.5, 0.6) is 5.75 Å². The highest BCUT2D eigenvalue weighted by Gasteiger charge is 2.42. The number of aliphatic hydroxyl groups excluding tert-OH is 2. The zero-order valence-electron chi connectivity index (χ0n) is 34.1. The van der Waals surface area contributed by atoms with Gasteiger partial charge in [-0.05, 0) is 43.2 Å². The van der Waals surface area contributed by atoms with Crippen molar-refractivity contribution in [3.63, 3.8) is 0 Å². The molecule has 2 aromatic heterocycles. The predicted octanol–water partition coefficient (Wildman–Crippen LogP) is -2.67. The van der Waals surface area contributed by atoms with Crippen molar-refractivity contribution >= 4 is 46.5 Å². The monoisotopic (exact) mass is 876 g/mol. The van der Waals surface area contributed by atoms with Gasteiger partial charge in [0, 0.05) is 55.5 Å². The highest BCUT2D eigenvalue weighted by atomic mass is 16.6. The van der Waals surface area contributed by atoms with Gasteiger partial charge in [0.1, 0.15) is 47.9 Å². The molecule has 0 radical (unpaired) electrons. The second kappa shape index (κ2) is 20.4. The van der Waals surface area contributed by atoms with Gasteiger partial charge in [-0.25, -0.2) is 14.4 Å². The van der Waals surface area contributed by atoms with E-state index in [0.717, 1.165) is 38.8 Å². The van der Waals surface area contributed by atoms with E-state index in [-0.39, 0.29) is 18.6 Å². The molecule has 5 rings (SSSR count). The molecule has 8 atom stereocenters. The van der Waals surface area contributed by atoms with E-state index in [1.54, 1.807) is 36.5 Å². The number of para-hydroxylation sites is 1. The number of urea groups is 1. The fourth-order valence-corrected chi connectivity index (χ4v) is 6.71. The number of aromatic amines is 2. The minimum Gasteiger partial charge on any atom is -0.508 e. The van der Waals surface area contributed by atoms with Gasteiger partial charge in [-0.1, -0.05) is 30.3 Å². The number of phenolic OH excluding ortho intramolecular Hbond substituents is 1. The first-order valence-electron chi connectivity index (χ1n) is 19.4. The average molecular weight is 877 g/mol. The number of carboxylic acid groups (broad SMARTS) is 1. The summed E-state index contributed by atoms with van der Waals surface area (Å²) >= 11 is 0. The van der Waals surface area contributed by atoms with Crippen molar-refractivity contribution in [2.45, 2.75) is 75.3 Å². The maximum absolute atomic E-state index is 14.0. The molecule has 1 fully saturated rings. The lowest BCUT2D eigenvalue weighted by Crippen LogP contribution is -2.62. The standard InChI is InChI=1S/C40H48N10O13/c1-19(44-39(61)46-27(38(59)60)15-22-17-42-25-10-5-4-9-24(22)25)34(56)48-31(20(2)49(3)36(58)26(45-30(53)16-41)14-21-7-6-8-23(51)13-21)35(57)43-18-28-32(54)33(55)37(63-28)50-12-11-29(52)47-40(50)62/h4-13,17-20,26-27,31-33,37,42,51,54-55H,14-16,41H2,1-3H3,(H,43,57)(H,45,53)(H,48,56)(H,59,60)(H2,44,46,61)(H,47,52,62)/b28-18-/t19-,20-,26-,27-,31+,32+,33+,37?/m0/s1. The molecule has 336 valence electrons. The van der Waals surface area contributed by atoms with Gasteiger partial charge in [-0.2, -0.15) is 0 Å². The summed E-state index contributed by atoms with van der Waals surface area (Å²) in [5, 5.41) is 54.0. The Morgan fingerprint density at radius 3 is 2.35 bits per heavy atom. The summed E-state index contributed by atoms with van der Waals surface area (Å²) in [5.41, 5.74) is 5.62. The number of carboxylic acids is 1. The third-order valence-electron chi connectivity index (χ3n) is 10.3. The van der Waals surface area contributed by atoms with E-state index in [9.17, 15) is 58.8 Å². The number of benzene rings is 2. The third kappa shape index (κ3) is 11.5. The lowest BCUT2D eigenvalue weighted by atomic mass is 10.0. The lowest BCUT2D eigenvalue weighted by molar-refractivity contribution is -0.140. The number of nitrogens with two attached hydrogens (primary N) is 1. The Bertz CT molecular complexity index is 2500. The van der Waals surface area contributed by atoms with Crippen LogP contribution in [0.2, 0.25) is 0 Å². The van der Waals surface area contributed by atoms with Gasteiger partial charge in [-0.15, -0.1) is 0 Å². The highest BCUT2D eigenvalue weighted by Crippen LogP contribution is 2.30. The normalized spacial score (nSPS) is 18.8. The minimum absolute atomic E-state index is 0.107. The van der Waals surface area contributed by atoms with Crippen LogP contribution in [0.3, 0.4) is 0 Å². The van der Waals surface area contributed by atoms with E-state index in [1.165, 1.54) is 39.1 Å². The number of H-pyrrole nitrogens is 2. The molecule has 2 aromatic carbocycles. The second-order valence-electron chi connectivity index (χ2n) is 14.7. The quantitative estimate of drug-likeness (QED) is 0.0515. The molecule has 6 amide bonds. The van der Waals surface area contributed by atoms with Crippen LogP contribution in [0.25, 0.3) is 10.9 Å². The van der Waals surface area contributed by atoms with Crippen molar-refractivity contribution in [3.8, 4) is 5.75 Å². The van der Waals surface area contributed by atoms with Crippen molar-refractivity contribution in [2.75, 3.05) is 13.6 Å². The Morgan fingerprint density at radius 1 is 0.937 bits per heavy atom. The molecule has 0 saturated carbocycles. The molecule has 23 nitrogen and oxygen atoms in total. The number of nitrogens with one attached hydrogen (secondary N) is 7. The molecule has 1 unspecified atom stereocenters. The summed E-state index contributed by atoms with van der Waals surface area (Å²) in [7, 11) is 1.28. The smallest absolute Gasteiger partial charge is 0.331 e. The van der Waals surface area contributed by atoms with Gasteiger partial charge in [0.05, 0.1) is 12.6 Å². The molecule has 3 heterocycles. The maximum atomic E-state index is 14.0. The molecular weight excluding hydrogens is 828 g/mol. The van der Waals surface area contributed by atoms with Crippen LogP contribution in [0.1, 0.15) is 31.2 Å². The predicted molar refractivity (Wildman–Crippen MR) is 221 cm³/mol. The summed E-state index contributed by atoms with van der Waals surface area (Å²) in [5.74, 6) is -5.38. The number of hydrogen-bond acceptors (Lipinski definition) is 13. The number of ether oxygens (including phenoxy) is 1. The summed E-state index contributed by atoms with van der Waals surface area (Å²) in [4.78, 5) is 109. The lowest BCUT2D eigenvalue weighted by Gasteiger charge is -2.34. The number of likely N-dealkylation sites (N-methyl/N-ethyl adjacent to an activating group) is 1. The average Bonchev–Trinajstić information content (AvgIpc) is 3.78. The van der Waals surface area contributed by atoms with Crippen LogP contribution < -0.4 is 43.6 Å². The van der Waals surface area contributed by atoms with Gasteiger partial charge in [0.15, 0.2) is 0 Å². The summed E-state index contributed by atoms with van der Waals surface area (Å²) in [6.07, 6.45) is -1.86. The number of rotatable bonds is 17. The van der Waals surface area contributed by atoms with Crippen molar-refractivity contribution < 1.29 is 53.9 Å². The van der Waals surface area contributed by atoms with Gasteiger partial charge in [-0.3, -0.25) is 33.5 Å². The van der Waals surface area contributed by atoms with E-state index < -0.39 is 108 Å². The van der Waals surface area contributed by atoms with E-state index in [1.807, 2.05) is 4.98 Å². The summed E-state index contributed by atoms with van der Waals surface area (Å²) < 4.78 is 6.35. The first-order chi connectivity index (χ1) is 29.9. The molecule has 63 heavy (non-hydrogen) atoms. The highest BCUT2D eigenvalue weighted by molar-refractivity contribution is 5.94. The Kier molecular flexibility index (Phi) is 15.1. The molecule has 0 bridgehead atoms. The number of aliphatic carboxylic acids is 1. The molecule has 4 aromatic rings. The molecule has 0 aliphatic carbocycles. The molecule has 1 aliphatic rings. The van der Waals surface area contributed by atoms with Crippen LogP contribution in [-0.4, -0.2) is 131 Å². The fraction of sp³-hybridized carbons (Fsp3) is 0.350. The van der Waals surface area contributed by atoms with Crippen LogP contribution in [0.15, 0.2) is 88.5 Å². The number of amides is 6. The molecular formula is C40H48N10O13. The van der Waals surface area contributed by atoms with Gasteiger partial charge in [0.2, 0.25) is 29.9 Å². The number of hydrogen-bond donors (Lipinski definition) is 12. The largest absolute Gasteiger partial charge is 0.508 e. The molecule has 23 heteroatoms. The number of carbonyl (C=O) groups is 6. The number of aromatic nitrogens is 3. The number of aromatic hydroxyl groups is 1. The first-order valence-corrected chi connectivity index (χ1v) is 19.4. The van der Waals surface area contributed by atoms with E-state index in [0.29, 0.717) is 11.1 Å². The van der Waals surface area contributed by atoms with Crippen molar-refractivity contribution in [3.05, 3.63) is 111 Å². The van der Waals surface area contributed by atoms with E-state index in [4.69, 9.17) is 10.5 Å². The zero-order chi connectivity index (χ0) is 46.1. The number of phenols is 1. The Labute approximate surface area is 357 Å². The Balaban J connectivity index is 1.35. The number of fused-ring (bicyclic) bond motifs is 1. The SMILES string of the molecule is C[C@H](NC(=O)N[C@@H](Cc1c[nH]c2ccccc12)C(=O)O)C(=O)N[C@@H](C(=O)N/C=C1\OC(n2ccc(=O)[nH]c2=O)[C@H](O)[C@@H]1O)[C@H](C)N(C)C(=O)[C@H](Cc1cccc(O)c1)NC(=O)CN. The van der Waals surface area contributed by atoms with Crippen LogP contribution in [0.4, 0.5) is 4.79 Å². The van der Waals surface area contributed by atoms with Crippen molar-refractivity contribution in [1.29, 1.82) is 0 Å². The van der Waals surface area contributed by atoms with E-state index in [2.05, 4.69) is 31.6 Å². The molecule has 0 spiro atoms. The summed E-state index contributed by atoms with van der Waals surface area (Å²) in [6.45, 7) is 2.15. The Hall–Kier alpha value is -7.50. The Morgan fingerprint density at radius 2 is 1.67 bits per heavy atom. The van der Waals surface area contributed by atoms with Crippen LogP contribution in [0, 0.1) is 0 Å². The zero-order valence-corrected chi connectivity index (χ0v) is 34.1. The third-order valence-corrected chi connectivity index (χ3v) is 10.3. The van der Waals surface area contributed by atoms with Crippen LogP contribution >= 0.6 is 0 Å². The molecule has 1 aliphatic heterocycles. The molecule has 1 saturated heterocycles. The van der Waals surface area contributed by atoms with Crippen molar-refractivity contribution in [1.82, 2.24) is 46.0 Å². The molecule has 13 N–H and O–H groups in total. The number of carbonyl (C=O) groups excluding carboxylic acids is 5. The van der Waals surface area contributed by atoms with Gasteiger partial charge < -0.3 is 67.4 Å². The topological polar surface area (TPSA) is 353 Å². The number of aliphatic hydroxyl groups is 2. The summed E-state index contributed by atoms with van der Waals surface area (Å²) in [6, 6.07) is 5.92. The van der Waals surface area contributed by atoms with Crippen molar-refractivity contribution in [2.24, 2.45) is 5.73 Å². The van der Waals surface area contributed by atoms with Gasteiger partial charge in [0.25, 0.3) is 5.56 Å². The second-order valence-corrected chi connectivity index (χ2v) is 14.7.